The Balaban J connectivity index is 1.92. The second-order valence-corrected chi connectivity index (χ2v) is 6.67. The molecule has 0 spiro atoms. The van der Waals surface area contributed by atoms with Crippen molar-refractivity contribution in [3.63, 3.8) is 0 Å². The molecule has 2 heteroatoms. The average Bonchev–Trinajstić information content (AvgIpc) is 2.41. The number of rotatable bonds is 10. The van der Waals surface area contributed by atoms with Gasteiger partial charge in [0.1, 0.15) is 0 Å². The minimum Gasteiger partial charge on any atom is -0.314 e. The van der Waals surface area contributed by atoms with Crippen molar-refractivity contribution in [1.29, 1.82) is 0 Å². The molecular weight excluding hydrogens is 232 g/mol. The molecule has 19 heavy (non-hydrogen) atoms. The van der Waals surface area contributed by atoms with Gasteiger partial charge in [0.2, 0.25) is 0 Å². The van der Waals surface area contributed by atoms with E-state index in [1.54, 1.807) is 0 Å². The number of likely N-dealkylation sites (tertiary alicyclic amines) is 1. The van der Waals surface area contributed by atoms with Gasteiger partial charge >= 0.3 is 0 Å². The number of unbranched alkanes of at least 4 members (excludes halogenated alkanes) is 3. The molecule has 1 fully saturated rings. The van der Waals surface area contributed by atoms with Crippen LogP contribution in [0.15, 0.2) is 0 Å². The normalized spacial score (nSPS) is 18.3. The summed E-state index contributed by atoms with van der Waals surface area (Å²) in [6.07, 6.45) is 11.1. The summed E-state index contributed by atoms with van der Waals surface area (Å²) in [6, 6.07) is 0.794. The van der Waals surface area contributed by atoms with Crippen LogP contribution in [0, 0.1) is 5.92 Å². The maximum atomic E-state index is 3.66. The lowest BCUT2D eigenvalue weighted by atomic mass is 10.0. The second kappa shape index (κ2) is 10.7. The molecular formula is C17H36N2. The number of nitrogens with one attached hydrogen (secondary N) is 1. The van der Waals surface area contributed by atoms with Crippen molar-refractivity contribution in [2.75, 3.05) is 26.2 Å². The van der Waals surface area contributed by atoms with E-state index in [9.17, 15) is 0 Å². The molecule has 0 radical (unpaired) electrons. The lowest BCUT2D eigenvalue weighted by Gasteiger charge is -2.32. The first kappa shape index (κ1) is 17.0. The summed E-state index contributed by atoms with van der Waals surface area (Å²) in [5.74, 6) is 0.884. The van der Waals surface area contributed by atoms with Gasteiger partial charge in [-0.15, -0.1) is 0 Å². The molecule has 2 nitrogen and oxygen atoms in total. The molecule has 0 amide bonds. The highest BCUT2D eigenvalue weighted by atomic mass is 15.1. The van der Waals surface area contributed by atoms with E-state index in [0.717, 1.165) is 12.0 Å². The SMILES string of the molecule is CCCNC1CCN(CCCCCCC(C)C)CC1. The van der Waals surface area contributed by atoms with Crippen molar-refractivity contribution >= 4 is 0 Å². The molecule has 0 unspecified atom stereocenters. The van der Waals surface area contributed by atoms with Crippen LogP contribution in [0.4, 0.5) is 0 Å². The number of hydrogen-bond donors (Lipinski definition) is 1. The topological polar surface area (TPSA) is 15.3 Å². The fourth-order valence-electron chi connectivity index (χ4n) is 2.95. The third-order valence-electron chi connectivity index (χ3n) is 4.28. The van der Waals surface area contributed by atoms with E-state index in [4.69, 9.17) is 0 Å². The quantitative estimate of drug-likeness (QED) is 0.601. The first-order valence-electron chi connectivity index (χ1n) is 8.68. The van der Waals surface area contributed by atoms with Gasteiger partial charge in [0.05, 0.1) is 0 Å². The highest BCUT2D eigenvalue weighted by molar-refractivity contribution is 4.76. The molecule has 0 aromatic carbocycles. The molecule has 1 aliphatic rings. The zero-order valence-electron chi connectivity index (χ0n) is 13.6. The third kappa shape index (κ3) is 8.65. The summed E-state index contributed by atoms with van der Waals surface area (Å²) in [4.78, 5) is 2.67. The van der Waals surface area contributed by atoms with Gasteiger partial charge in [-0.2, -0.15) is 0 Å². The standard InChI is InChI=1S/C17H36N2/c1-4-12-18-17-10-14-19(15-11-17)13-8-6-5-7-9-16(2)3/h16-18H,4-15H2,1-3H3. The Bertz CT molecular complexity index is 195. The third-order valence-corrected chi connectivity index (χ3v) is 4.28. The van der Waals surface area contributed by atoms with Crippen LogP contribution >= 0.6 is 0 Å². The van der Waals surface area contributed by atoms with Crippen LogP contribution in [0.5, 0.6) is 0 Å². The van der Waals surface area contributed by atoms with E-state index in [0.29, 0.717) is 0 Å². The summed E-state index contributed by atoms with van der Waals surface area (Å²) in [5.41, 5.74) is 0. The Hall–Kier alpha value is -0.0800. The lowest BCUT2D eigenvalue weighted by molar-refractivity contribution is 0.194. The van der Waals surface area contributed by atoms with E-state index >= 15 is 0 Å². The monoisotopic (exact) mass is 268 g/mol. The minimum atomic E-state index is 0.794. The van der Waals surface area contributed by atoms with E-state index in [-0.39, 0.29) is 0 Å². The summed E-state index contributed by atoms with van der Waals surface area (Å²) >= 11 is 0. The van der Waals surface area contributed by atoms with Gasteiger partial charge in [-0.3, -0.25) is 0 Å². The molecule has 1 N–H and O–H groups in total. The predicted octanol–water partition coefficient (Wildman–Crippen LogP) is 4.06. The van der Waals surface area contributed by atoms with Gasteiger partial charge in [-0.05, 0) is 57.8 Å². The maximum Gasteiger partial charge on any atom is 0.00914 e. The average molecular weight is 268 g/mol. The molecule has 1 rings (SSSR count). The van der Waals surface area contributed by atoms with Crippen molar-refractivity contribution in [1.82, 2.24) is 10.2 Å². The van der Waals surface area contributed by atoms with Gasteiger partial charge < -0.3 is 10.2 Å². The van der Waals surface area contributed by atoms with Crippen LogP contribution in [0.2, 0.25) is 0 Å². The minimum absolute atomic E-state index is 0.794. The highest BCUT2D eigenvalue weighted by Gasteiger charge is 2.17. The molecule has 1 saturated heterocycles. The van der Waals surface area contributed by atoms with Crippen LogP contribution < -0.4 is 5.32 Å². The van der Waals surface area contributed by atoms with Crippen LogP contribution in [-0.2, 0) is 0 Å². The number of piperidine rings is 1. The zero-order valence-corrected chi connectivity index (χ0v) is 13.6. The van der Waals surface area contributed by atoms with Crippen molar-refractivity contribution in [3.05, 3.63) is 0 Å². The first-order chi connectivity index (χ1) is 9.22. The number of nitrogens with zero attached hydrogens (tertiary/aromatic N) is 1. The smallest absolute Gasteiger partial charge is 0.00914 e. The number of hydrogen-bond acceptors (Lipinski definition) is 2. The molecule has 0 bridgehead atoms. The molecule has 1 heterocycles. The second-order valence-electron chi connectivity index (χ2n) is 6.67. The van der Waals surface area contributed by atoms with Gasteiger partial charge in [0, 0.05) is 6.04 Å². The first-order valence-corrected chi connectivity index (χ1v) is 8.68. The Morgan fingerprint density at radius 1 is 1.05 bits per heavy atom. The summed E-state index contributed by atoms with van der Waals surface area (Å²) < 4.78 is 0. The lowest BCUT2D eigenvalue weighted by Crippen LogP contribution is -2.42. The Morgan fingerprint density at radius 3 is 2.37 bits per heavy atom. The van der Waals surface area contributed by atoms with Gasteiger partial charge in [-0.1, -0.05) is 46.5 Å². The van der Waals surface area contributed by atoms with Crippen molar-refractivity contribution < 1.29 is 0 Å². The molecule has 0 saturated carbocycles. The van der Waals surface area contributed by atoms with E-state index in [1.165, 1.54) is 77.5 Å². The molecule has 0 atom stereocenters. The fourth-order valence-corrected chi connectivity index (χ4v) is 2.95. The Morgan fingerprint density at radius 2 is 1.74 bits per heavy atom. The molecule has 0 aliphatic carbocycles. The highest BCUT2D eigenvalue weighted by Crippen LogP contribution is 2.13. The Labute approximate surface area is 121 Å². The van der Waals surface area contributed by atoms with Gasteiger partial charge in [-0.25, -0.2) is 0 Å². The molecule has 114 valence electrons. The summed E-state index contributed by atoms with van der Waals surface area (Å²) in [6.45, 7) is 12.1. The van der Waals surface area contributed by atoms with Crippen molar-refractivity contribution in [2.24, 2.45) is 5.92 Å². The van der Waals surface area contributed by atoms with Crippen molar-refractivity contribution in [2.45, 2.75) is 78.2 Å². The molecule has 1 aliphatic heterocycles. The van der Waals surface area contributed by atoms with E-state index in [2.05, 4.69) is 31.0 Å². The van der Waals surface area contributed by atoms with E-state index in [1.807, 2.05) is 0 Å². The largest absolute Gasteiger partial charge is 0.314 e. The van der Waals surface area contributed by atoms with Crippen LogP contribution in [0.3, 0.4) is 0 Å². The molecule has 0 aromatic heterocycles. The summed E-state index contributed by atoms with van der Waals surface area (Å²) in [5, 5.41) is 3.66. The predicted molar refractivity (Wildman–Crippen MR) is 85.7 cm³/mol. The maximum absolute atomic E-state index is 3.66. The van der Waals surface area contributed by atoms with Gasteiger partial charge in [0.25, 0.3) is 0 Å². The molecule has 0 aromatic rings. The Kier molecular flexibility index (Phi) is 9.54. The van der Waals surface area contributed by atoms with Crippen LogP contribution in [-0.4, -0.2) is 37.1 Å². The fraction of sp³-hybridized carbons (Fsp3) is 1.00. The van der Waals surface area contributed by atoms with Crippen LogP contribution in [0.25, 0.3) is 0 Å². The van der Waals surface area contributed by atoms with E-state index < -0.39 is 0 Å². The summed E-state index contributed by atoms with van der Waals surface area (Å²) in [7, 11) is 0. The zero-order chi connectivity index (χ0) is 13.9. The van der Waals surface area contributed by atoms with Crippen molar-refractivity contribution in [3.8, 4) is 0 Å². The van der Waals surface area contributed by atoms with Crippen LogP contribution in [0.1, 0.15) is 72.1 Å². The van der Waals surface area contributed by atoms with Gasteiger partial charge in [0.15, 0.2) is 0 Å².